The molecular weight excluding hydrogens is 336 g/mol. The van der Waals surface area contributed by atoms with Crippen LogP contribution < -0.4 is 0 Å². The zero-order chi connectivity index (χ0) is 19.5. The first-order chi connectivity index (χ1) is 12.3. The van der Waals surface area contributed by atoms with Gasteiger partial charge in [0.05, 0.1) is 24.2 Å². The number of rotatable bonds is 8. The summed E-state index contributed by atoms with van der Waals surface area (Å²) in [6, 6.07) is -0.842. The third kappa shape index (κ3) is 4.37. The van der Waals surface area contributed by atoms with Crippen LogP contribution in [0.5, 0.6) is 0 Å². The van der Waals surface area contributed by atoms with Crippen molar-refractivity contribution in [3.8, 4) is 0 Å². The number of nitrogens with zero attached hydrogens (tertiary/aromatic N) is 2. The number of hydrogen-bond acceptors (Lipinski definition) is 5. The molecular formula is C19H32N2O5. The van der Waals surface area contributed by atoms with Crippen LogP contribution in [0.1, 0.15) is 52.9 Å². The fourth-order valence-electron chi connectivity index (χ4n) is 3.89. The SMILES string of the molecule is CCCN(C)C(=O)N1C[C@H](O)C[C@H]1C(=O)C(C)CC1(C(=O)OCC)CC1. The van der Waals surface area contributed by atoms with Crippen LogP contribution in [0, 0.1) is 11.3 Å². The minimum atomic E-state index is -0.685. The molecule has 148 valence electrons. The molecule has 2 amide bonds. The maximum atomic E-state index is 13.0. The Morgan fingerprint density at radius 3 is 2.50 bits per heavy atom. The van der Waals surface area contributed by atoms with Gasteiger partial charge in [-0.1, -0.05) is 13.8 Å². The zero-order valence-corrected chi connectivity index (χ0v) is 16.4. The van der Waals surface area contributed by atoms with Crippen molar-refractivity contribution in [3.63, 3.8) is 0 Å². The van der Waals surface area contributed by atoms with Crippen molar-refractivity contribution in [2.45, 2.75) is 65.0 Å². The highest BCUT2D eigenvalue weighted by Crippen LogP contribution is 2.52. The molecule has 0 aromatic rings. The first-order valence-electron chi connectivity index (χ1n) is 9.66. The molecule has 1 saturated carbocycles. The van der Waals surface area contributed by atoms with Crippen LogP contribution in [0.3, 0.4) is 0 Å². The van der Waals surface area contributed by atoms with Crippen molar-refractivity contribution in [1.29, 1.82) is 0 Å². The number of esters is 1. The van der Waals surface area contributed by atoms with Gasteiger partial charge in [-0.3, -0.25) is 9.59 Å². The minimum Gasteiger partial charge on any atom is -0.466 e. The van der Waals surface area contributed by atoms with E-state index in [-0.39, 0.29) is 36.7 Å². The van der Waals surface area contributed by atoms with Gasteiger partial charge >= 0.3 is 12.0 Å². The van der Waals surface area contributed by atoms with Gasteiger partial charge in [-0.25, -0.2) is 4.79 Å². The smallest absolute Gasteiger partial charge is 0.320 e. The summed E-state index contributed by atoms with van der Waals surface area (Å²) in [7, 11) is 1.71. The Balaban J connectivity index is 2.04. The van der Waals surface area contributed by atoms with Gasteiger partial charge in [0.15, 0.2) is 5.78 Å². The van der Waals surface area contributed by atoms with E-state index in [2.05, 4.69) is 0 Å². The zero-order valence-electron chi connectivity index (χ0n) is 16.4. The Hall–Kier alpha value is -1.63. The van der Waals surface area contributed by atoms with Crippen molar-refractivity contribution in [3.05, 3.63) is 0 Å². The average Bonchev–Trinajstić information content (AvgIpc) is 3.27. The molecule has 1 aliphatic heterocycles. The van der Waals surface area contributed by atoms with Gasteiger partial charge in [0.2, 0.25) is 0 Å². The maximum Gasteiger partial charge on any atom is 0.320 e. The summed E-state index contributed by atoms with van der Waals surface area (Å²) < 4.78 is 5.15. The highest BCUT2D eigenvalue weighted by Gasteiger charge is 2.53. The van der Waals surface area contributed by atoms with Crippen LogP contribution in [0.2, 0.25) is 0 Å². The van der Waals surface area contributed by atoms with Crippen LogP contribution in [0.4, 0.5) is 4.79 Å². The van der Waals surface area contributed by atoms with E-state index in [1.54, 1.807) is 18.9 Å². The highest BCUT2D eigenvalue weighted by molar-refractivity contribution is 5.91. The molecule has 1 saturated heterocycles. The van der Waals surface area contributed by atoms with Crippen LogP contribution in [0.15, 0.2) is 0 Å². The topological polar surface area (TPSA) is 87.2 Å². The largest absolute Gasteiger partial charge is 0.466 e. The molecule has 0 spiro atoms. The molecule has 7 heteroatoms. The first kappa shape index (κ1) is 20.7. The number of Topliss-reactive ketones (excluding diaryl/α,β-unsaturated/α-hetero) is 1. The predicted octanol–water partition coefficient (Wildman–Crippen LogP) is 1.82. The summed E-state index contributed by atoms with van der Waals surface area (Å²) in [6.07, 6.45) is 2.35. The van der Waals surface area contributed by atoms with Crippen LogP contribution in [-0.2, 0) is 14.3 Å². The Morgan fingerprint density at radius 2 is 1.96 bits per heavy atom. The summed E-state index contributed by atoms with van der Waals surface area (Å²) in [6.45, 7) is 6.69. The van der Waals surface area contributed by atoms with E-state index in [0.29, 0.717) is 19.6 Å². The molecule has 3 atom stereocenters. The number of urea groups is 1. The van der Waals surface area contributed by atoms with E-state index in [1.165, 1.54) is 4.90 Å². The van der Waals surface area contributed by atoms with Gasteiger partial charge in [-0.2, -0.15) is 0 Å². The minimum absolute atomic E-state index is 0.0737. The van der Waals surface area contributed by atoms with Gasteiger partial charge in [-0.05, 0) is 32.6 Å². The fraction of sp³-hybridized carbons (Fsp3) is 0.842. The van der Waals surface area contributed by atoms with Crippen LogP contribution in [0.25, 0.3) is 0 Å². The molecule has 0 bridgehead atoms. The standard InChI is InChI=1S/C19H32N2O5/c1-5-9-20(4)18(25)21-12-14(22)10-15(21)16(23)13(3)11-19(7-8-19)17(24)26-6-2/h13-15,22H,5-12H2,1-4H3/t13?,14-,15+/m1/s1. The fourth-order valence-corrected chi connectivity index (χ4v) is 3.89. The quantitative estimate of drug-likeness (QED) is 0.661. The molecule has 1 unspecified atom stereocenters. The number of hydrogen-bond donors (Lipinski definition) is 1. The third-order valence-corrected chi connectivity index (χ3v) is 5.48. The molecule has 26 heavy (non-hydrogen) atoms. The first-order valence-corrected chi connectivity index (χ1v) is 9.66. The lowest BCUT2D eigenvalue weighted by Gasteiger charge is -2.30. The van der Waals surface area contributed by atoms with Gasteiger partial charge in [-0.15, -0.1) is 0 Å². The van der Waals surface area contributed by atoms with E-state index in [4.69, 9.17) is 4.74 Å². The lowest BCUT2D eigenvalue weighted by molar-refractivity contribution is -0.150. The average molecular weight is 368 g/mol. The molecule has 1 heterocycles. The summed E-state index contributed by atoms with van der Waals surface area (Å²) in [4.78, 5) is 40.8. The number of likely N-dealkylation sites (tertiary alicyclic amines) is 1. The van der Waals surface area contributed by atoms with Gasteiger partial charge in [0, 0.05) is 32.5 Å². The van der Waals surface area contributed by atoms with Crippen molar-refractivity contribution in [1.82, 2.24) is 9.80 Å². The number of carbonyl (C=O) groups is 3. The number of ketones is 1. The molecule has 0 radical (unpaired) electrons. The molecule has 2 rings (SSSR count). The highest BCUT2D eigenvalue weighted by atomic mass is 16.5. The molecule has 2 fully saturated rings. The monoisotopic (exact) mass is 368 g/mol. The third-order valence-electron chi connectivity index (χ3n) is 5.48. The number of amides is 2. The number of β-amino-alcohol motifs (C(OH)–C–C–N with tert-alkyl or cyclic N) is 1. The normalized spacial score (nSPS) is 24.9. The molecule has 1 N–H and O–H groups in total. The van der Waals surface area contributed by atoms with Crippen molar-refractivity contribution in [2.75, 3.05) is 26.7 Å². The molecule has 0 aromatic heterocycles. The summed E-state index contributed by atoms with van der Waals surface area (Å²) in [5.41, 5.74) is -0.532. The lowest BCUT2D eigenvalue weighted by Crippen LogP contribution is -2.48. The Morgan fingerprint density at radius 1 is 1.31 bits per heavy atom. The number of aliphatic hydroxyl groups excluding tert-OH is 1. The summed E-state index contributed by atoms with van der Waals surface area (Å²) in [5.74, 6) is -0.652. The van der Waals surface area contributed by atoms with Gasteiger partial charge in [0.25, 0.3) is 0 Å². The Labute approximate surface area is 155 Å². The van der Waals surface area contributed by atoms with E-state index in [0.717, 1.165) is 19.3 Å². The predicted molar refractivity (Wildman–Crippen MR) is 96.5 cm³/mol. The number of carbonyl (C=O) groups excluding carboxylic acids is 3. The van der Waals surface area contributed by atoms with Gasteiger partial charge < -0.3 is 19.6 Å². The second-order valence-corrected chi connectivity index (χ2v) is 7.77. The van der Waals surface area contributed by atoms with Crippen molar-refractivity contribution >= 4 is 17.8 Å². The lowest BCUT2D eigenvalue weighted by atomic mass is 9.87. The molecule has 2 aliphatic rings. The second kappa shape index (κ2) is 8.37. The van der Waals surface area contributed by atoms with Crippen LogP contribution in [-0.4, -0.2) is 71.6 Å². The van der Waals surface area contributed by atoms with Crippen LogP contribution >= 0.6 is 0 Å². The Bertz CT molecular complexity index is 546. The van der Waals surface area contributed by atoms with E-state index in [9.17, 15) is 19.5 Å². The Kier molecular flexibility index (Phi) is 6.66. The van der Waals surface area contributed by atoms with Crippen molar-refractivity contribution < 1.29 is 24.2 Å². The van der Waals surface area contributed by atoms with Crippen molar-refractivity contribution in [2.24, 2.45) is 11.3 Å². The maximum absolute atomic E-state index is 13.0. The van der Waals surface area contributed by atoms with E-state index >= 15 is 0 Å². The molecule has 0 aromatic carbocycles. The van der Waals surface area contributed by atoms with Gasteiger partial charge in [0.1, 0.15) is 0 Å². The van der Waals surface area contributed by atoms with E-state index in [1.807, 2.05) is 13.8 Å². The second-order valence-electron chi connectivity index (χ2n) is 7.77. The summed E-state index contributed by atoms with van der Waals surface area (Å²) in [5, 5.41) is 10.0. The molecule has 7 nitrogen and oxygen atoms in total. The number of ether oxygens (including phenoxy) is 1. The number of aliphatic hydroxyl groups is 1. The summed E-state index contributed by atoms with van der Waals surface area (Å²) >= 11 is 0. The van der Waals surface area contributed by atoms with E-state index < -0.39 is 17.6 Å². The molecule has 1 aliphatic carbocycles.